The molecule has 0 unspecified atom stereocenters. The molecule has 1 aliphatic heterocycles. The quantitative estimate of drug-likeness (QED) is 0.911. The molecular weight excluding hydrogens is 336 g/mol. The van der Waals surface area contributed by atoms with E-state index < -0.39 is 0 Å². The lowest BCUT2D eigenvalue weighted by Crippen LogP contribution is -2.51. The normalized spacial score (nSPS) is 14.8. The predicted octanol–water partition coefficient (Wildman–Crippen LogP) is 2.29. The van der Waals surface area contributed by atoms with Crippen molar-refractivity contribution in [1.82, 2.24) is 14.8 Å². The van der Waals surface area contributed by atoms with Gasteiger partial charge in [-0.2, -0.15) is 0 Å². The fourth-order valence-corrected chi connectivity index (χ4v) is 3.81. The highest BCUT2D eigenvalue weighted by molar-refractivity contribution is 7.17. The number of anilines is 1. The summed E-state index contributed by atoms with van der Waals surface area (Å²) in [5, 5.41) is 3.67. The van der Waals surface area contributed by atoms with E-state index in [1.54, 1.807) is 11.9 Å². The number of nitrogens with zero attached hydrogens (tertiary/aromatic N) is 3. The average Bonchev–Trinajstić information content (AvgIpc) is 2.97. The number of piperazine rings is 1. The maximum atomic E-state index is 12.7. The number of hydrogen-bond acceptors (Lipinski definition) is 5. The van der Waals surface area contributed by atoms with Crippen LogP contribution < -0.4 is 5.32 Å². The second-order valence-electron chi connectivity index (χ2n) is 6.21. The van der Waals surface area contributed by atoms with Crippen molar-refractivity contribution in [2.45, 2.75) is 20.4 Å². The summed E-state index contributed by atoms with van der Waals surface area (Å²) in [4.78, 5) is 33.5. The number of carbonyl (C=O) groups excluding carboxylic acids is 2. The van der Waals surface area contributed by atoms with Gasteiger partial charge in [0, 0.05) is 26.7 Å². The Kier molecular flexibility index (Phi) is 5.03. The first-order valence-corrected chi connectivity index (χ1v) is 9.07. The van der Waals surface area contributed by atoms with Gasteiger partial charge in [0.25, 0.3) is 5.91 Å². The smallest absolute Gasteiger partial charge is 0.266 e. The zero-order valence-corrected chi connectivity index (χ0v) is 15.5. The van der Waals surface area contributed by atoms with E-state index >= 15 is 0 Å². The highest BCUT2D eigenvalue weighted by Gasteiger charge is 2.29. The van der Waals surface area contributed by atoms with Crippen molar-refractivity contribution in [1.29, 1.82) is 0 Å². The van der Waals surface area contributed by atoms with Crippen LogP contribution in [0.2, 0.25) is 0 Å². The number of hydrogen-bond donors (Lipinski definition) is 1. The lowest BCUT2D eigenvalue weighted by atomic mass is 10.1. The van der Waals surface area contributed by atoms with E-state index in [9.17, 15) is 9.59 Å². The van der Waals surface area contributed by atoms with Crippen LogP contribution in [0, 0.1) is 13.8 Å². The van der Waals surface area contributed by atoms with E-state index in [4.69, 9.17) is 0 Å². The van der Waals surface area contributed by atoms with Crippen LogP contribution >= 0.6 is 11.3 Å². The molecule has 2 aromatic rings. The number of nitrogens with one attached hydrogen (secondary N) is 1. The summed E-state index contributed by atoms with van der Waals surface area (Å²) >= 11 is 1.33. The molecule has 1 saturated heterocycles. The highest BCUT2D eigenvalue weighted by atomic mass is 32.1. The van der Waals surface area contributed by atoms with Crippen LogP contribution in [-0.2, 0) is 11.3 Å². The standard InChI is InChI=1S/C18H22N4O2S/c1-12-5-4-6-14(9-12)10-21-7-8-22(11-15(21)23)17(24)16-13(2)20-18(19-3)25-16/h4-6,9H,7-8,10-11H2,1-3H3,(H,19,20). The molecule has 1 aliphatic rings. The highest BCUT2D eigenvalue weighted by Crippen LogP contribution is 2.24. The first-order valence-electron chi connectivity index (χ1n) is 8.25. The molecule has 132 valence electrons. The van der Waals surface area contributed by atoms with Gasteiger partial charge in [-0.3, -0.25) is 9.59 Å². The molecule has 25 heavy (non-hydrogen) atoms. The maximum Gasteiger partial charge on any atom is 0.266 e. The zero-order valence-electron chi connectivity index (χ0n) is 14.7. The van der Waals surface area contributed by atoms with Gasteiger partial charge in [-0.1, -0.05) is 41.2 Å². The zero-order chi connectivity index (χ0) is 18.0. The van der Waals surface area contributed by atoms with Gasteiger partial charge in [-0.05, 0) is 19.4 Å². The fourth-order valence-electron chi connectivity index (χ4n) is 2.93. The second kappa shape index (κ2) is 7.23. The summed E-state index contributed by atoms with van der Waals surface area (Å²) in [5.74, 6) is -0.128. The summed E-state index contributed by atoms with van der Waals surface area (Å²) in [6, 6.07) is 8.15. The minimum atomic E-state index is -0.111. The third-order valence-corrected chi connectivity index (χ3v) is 5.43. The van der Waals surface area contributed by atoms with Gasteiger partial charge in [0.2, 0.25) is 5.91 Å². The summed E-state index contributed by atoms with van der Waals surface area (Å²) in [6.45, 7) is 5.67. The lowest BCUT2D eigenvalue weighted by Gasteiger charge is -2.34. The molecule has 1 aromatic carbocycles. The second-order valence-corrected chi connectivity index (χ2v) is 7.21. The largest absolute Gasteiger partial charge is 0.365 e. The number of benzene rings is 1. The Morgan fingerprint density at radius 3 is 2.76 bits per heavy atom. The van der Waals surface area contributed by atoms with Crippen molar-refractivity contribution in [3.63, 3.8) is 0 Å². The number of carbonyl (C=O) groups is 2. The molecule has 3 rings (SSSR count). The Hall–Kier alpha value is -2.41. The van der Waals surface area contributed by atoms with Gasteiger partial charge in [-0.25, -0.2) is 4.98 Å². The predicted molar refractivity (Wildman–Crippen MR) is 98.9 cm³/mol. The average molecular weight is 358 g/mol. The minimum absolute atomic E-state index is 0.0166. The molecule has 1 N–H and O–H groups in total. The van der Waals surface area contributed by atoms with Crippen molar-refractivity contribution in [3.8, 4) is 0 Å². The van der Waals surface area contributed by atoms with Crippen molar-refractivity contribution >= 4 is 28.3 Å². The molecule has 1 aromatic heterocycles. The lowest BCUT2D eigenvalue weighted by molar-refractivity contribution is -0.135. The van der Waals surface area contributed by atoms with E-state index in [1.165, 1.54) is 16.9 Å². The van der Waals surface area contributed by atoms with Crippen LogP contribution in [0.5, 0.6) is 0 Å². The summed E-state index contributed by atoms with van der Waals surface area (Å²) in [6.07, 6.45) is 0. The monoisotopic (exact) mass is 358 g/mol. The third-order valence-electron chi connectivity index (χ3n) is 4.27. The summed E-state index contributed by atoms with van der Waals surface area (Å²) < 4.78 is 0. The molecular formula is C18H22N4O2S. The first kappa shape index (κ1) is 17.4. The Bertz CT molecular complexity index is 802. The van der Waals surface area contributed by atoms with Crippen LogP contribution in [0.15, 0.2) is 24.3 Å². The van der Waals surface area contributed by atoms with Gasteiger partial charge < -0.3 is 15.1 Å². The molecule has 6 nitrogen and oxygen atoms in total. The van der Waals surface area contributed by atoms with Crippen molar-refractivity contribution < 1.29 is 9.59 Å². The van der Waals surface area contributed by atoms with Crippen LogP contribution in [0.25, 0.3) is 0 Å². The van der Waals surface area contributed by atoms with Crippen molar-refractivity contribution in [3.05, 3.63) is 46.0 Å². The van der Waals surface area contributed by atoms with Gasteiger partial charge in [-0.15, -0.1) is 0 Å². The Morgan fingerprint density at radius 1 is 1.32 bits per heavy atom. The van der Waals surface area contributed by atoms with E-state index in [1.807, 2.05) is 36.9 Å². The SMILES string of the molecule is CNc1nc(C)c(C(=O)N2CCN(Cc3cccc(C)c3)C(=O)C2)s1. The summed E-state index contributed by atoms with van der Waals surface area (Å²) in [5.41, 5.74) is 3.00. The Balaban J connectivity index is 1.65. The Morgan fingerprint density at radius 2 is 2.12 bits per heavy atom. The molecule has 1 fully saturated rings. The molecule has 0 radical (unpaired) electrons. The van der Waals surface area contributed by atoms with E-state index in [0.29, 0.717) is 35.3 Å². The molecule has 0 saturated carbocycles. The van der Waals surface area contributed by atoms with Crippen LogP contribution in [0.1, 0.15) is 26.5 Å². The summed E-state index contributed by atoms with van der Waals surface area (Å²) in [7, 11) is 1.78. The number of aryl methyl sites for hydroxylation is 2. The molecule has 0 spiro atoms. The Labute approximate surface area is 151 Å². The fraction of sp³-hybridized carbons (Fsp3) is 0.389. The van der Waals surface area contributed by atoms with E-state index in [-0.39, 0.29) is 18.4 Å². The van der Waals surface area contributed by atoms with Gasteiger partial charge in [0.1, 0.15) is 11.4 Å². The van der Waals surface area contributed by atoms with Gasteiger partial charge in [0.05, 0.1) is 5.69 Å². The van der Waals surface area contributed by atoms with Crippen molar-refractivity contribution in [2.24, 2.45) is 0 Å². The van der Waals surface area contributed by atoms with Crippen LogP contribution in [-0.4, -0.2) is 53.3 Å². The molecule has 0 bridgehead atoms. The molecule has 0 atom stereocenters. The number of amides is 2. The van der Waals surface area contributed by atoms with Crippen LogP contribution in [0.4, 0.5) is 5.13 Å². The van der Waals surface area contributed by atoms with Crippen LogP contribution in [0.3, 0.4) is 0 Å². The number of thiazole rings is 1. The molecule has 2 amide bonds. The topological polar surface area (TPSA) is 65.5 Å². The maximum absolute atomic E-state index is 12.7. The molecule has 7 heteroatoms. The van der Waals surface area contributed by atoms with E-state index in [0.717, 1.165) is 5.56 Å². The van der Waals surface area contributed by atoms with Gasteiger partial charge >= 0.3 is 0 Å². The first-order chi connectivity index (χ1) is 12.0. The van der Waals surface area contributed by atoms with E-state index in [2.05, 4.69) is 16.4 Å². The molecule has 2 heterocycles. The third kappa shape index (κ3) is 3.82. The van der Waals surface area contributed by atoms with Gasteiger partial charge in [0.15, 0.2) is 5.13 Å². The molecule has 0 aliphatic carbocycles. The minimum Gasteiger partial charge on any atom is -0.365 e. The van der Waals surface area contributed by atoms with Crippen molar-refractivity contribution in [2.75, 3.05) is 32.0 Å². The number of aromatic nitrogens is 1. The number of rotatable bonds is 4.